The maximum atomic E-state index is 12.8. The maximum Gasteiger partial charge on any atom is 0.252 e. The number of aliphatic hydroxyl groups excluding tert-OH is 1. The van der Waals surface area contributed by atoms with Crippen molar-refractivity contribution in [3.8, 4) is 0 Å². The standard InChI is InChI=1S/C16H15FINO2/c1-10-3-2-4-13(15(10)18)16(21)19-9-14(20)11-5-7-12(17)8-6-11/h2-8,14,20H,9H2,1H3,(H,19,21)/t14-/m0/s1. The quantitative estimate of drug-likeness (QED) is 0.776. The summed E-state index contributed by atoms with van der Waals surface area (Å²) in [5.74, 6) is -0.589. The van der Waals surface area contributed by atoms with Crippen LogP contribution in [-0.4, -0.2) is 17.6 Å². The van der Waals surface area contributed by atoms with Gasteiger partial charge in [0.25, 0.3) is 5.91 Å². The van der Waals surface area contributed by atoms with Crippen molar-refractivity contribution in [3.63, 3.8) is 0 Å². The Morgan fingerprint density at radius 3 is 2.62 bits per heavy atom. The van der Waals surface area contributed by atoms with Crippen LogP contribution in [0.5, 0.6) is 0 Å². The second-order valence-electron chi connectivity index (χ2n) is 4.71. The molecule has 0 heterocycles. The number of carbonyl (C=O) groups is 1. The minimum atomic E-state index is -0.864. The Balaban J connectivity index is 2.00. The van der Waals surface area contributed by atoms with Gasteiger partial charge in [-0.1, -0.05) is 24.3 Å². The summed E-state index contributed by atoms with van der Waals surface area (Å²) in [4.78, 5) is 12.1. The predicted octanol–water partition coefficient (Wildman–Crippen LogP) is 3.20. The van der Waals surface area contributed by atoms with Crippen molar-refractivity contribution in [2.75, 3.05) is 6.54 Å². The first-order valence-electron chi connectivity index (χ1n) is 6.46. The van der Waals surface area contributed by atoms with E-state index in [9.17, 15) is 14.3 Å². The van der Waals surface area contributed by atoms with Gasteiger partial charge in [-0.05, 0) is 58.8 Å². The van der Waals surface area contributed by atoms with E-state index in [-0.39, 0.29) is 18.3 Å². The van der Waals surface area contributed by atoms with Crippen LogP contribution in [-0.2, 0) is 0 Å². The summed E-state index contributed by atoms with van der Waals surface area (Å²) in [5, 5.41) is 12.7. The lowest BCUT2D eigenvalue weighted by Gasteiger charge is -2.13. The third-order valence-corrected chi connectivity index (χ3v) is 4.58. The van der Waals surface area contributed by atoms with Gasteiger partial charge in [-0.15, -0.1) is 0 Å². The molecule has 0 unspecified atom stereocenters. The van der Waals surface area contributed by atoms with Crippen molar-refractivity contribution in [1.29, 1.82) is 0 Å². The first-order chi connectivity index (χ1) is 9.99. The smallest absolute Gasteiger partial charge is 0.252 e. The largest absolute Gasteiger partial charge is 0.387 e. The summed E-state index contributed by atoms with van der Waals surface area (Å²) in [6.07, 6.45) is -0.864. The summed E-state index contributed by atoms with van der Waals surface area (Å²) in [6, 6.07) is 11.1. The zero-order chi connectivity index (χ0) is 15.4. The van der Waals surface area contributed by atoms with Crippen LogP contribution < -0.4 is 5.32 Å². The summed E-state index contributed by atoms with van der Waals surface area (Å²) >= 11 is 2.13. The summed E-state index contributed by atoms with van der Waals surface area (Å²) in [7, 11) is 0. The summed E-state index contributed by atoms with van der Waals surface area (Å²) < 4.78 is 13.7. The Morgan fingerprint density at radius 2 is 1.95 bits per heavy atom. The molecule has 1 amide bonds. The Labute approximate surface area is 136 Å². The van der Waals surface area contributed by atoms with Gasteiger partial charge in [0.1, 0.15) is 5.82 Å². The second kappa shape index (κ2) is 7.00. The van der Waals surface area contributed by atoms with Gasteiger partial charge in [-0.3, -0.25) is 4.79 Å². The predicted molar refractivity (Wildman–Crippen MR) is 87.6 cm³/mol. The molecule has 2 aromatic carbocycles. The topological polar surface area (TPSA) is 49.3 Å². The van der Waals surface area contributed by atoms with Crippen molar-refractivity contribution in [2.24, 2.45) is 0 Å². The SMILES string of the molecule is Cc1cccc(C(=O)NC[C@H](O)c2ccc(F)cc2)c1I. The minimum absolute atomic E-state index is 0.0779. The Kier molecular flexibility index (Phi) is 5.30. The number of amides is 1. The molecule has 110 valence electrons. The van der Waals surface area contributed by atoms with Crippen LogP contribution in [0.15, 0.2) is 42.5 Å². The Bertz CT molecular complexity index is 643. The van der Waals surface area contributed by atoms with E-state index in [1.807, 2.05) is 19.1 Å². The van der Waals surface area contributed by atoms with Crippen LogP contribution in [0.1, 0.15) is 27.6 Å². The maximum absolute atomic E-state index is 12.8. The number of hydrogen-bond donors (Lipinski definition) is 2. The number of hydrogen-bond acceptors (Lipinski definition) is 2. The number of carbonyl (C=O) groups excluding carboxylic acids is 1. The highest BCUT2D eigenvalue weighted by Gasteiger charge is 2.13. The molecular weight excluding hydrogens is 384 g/mol. The average Bonchev–Trinajstić information content (AvgIpc) is 2.48. The molecule has 0 saturated heterocycles. The van der Waals surface area contributed by atoms with Crippen molar-refractivity contribution in [1.82, 2.24) is 5.32 Å². The fraction of sp³-hybridized carbons (Fsp3) is 0.188. The first kappa shape index (κ1) is 15.9. The van der Waals surface area contributed by atoms with Gasteiger partial charge in [0.2, 0.25) is 0 Å². The van der Waals surface area contributed by atoms with Gasteiger partial charge in [0.15, 0.2) is 0 Å². The van der Waals surface area contributed by atoms with E-state index in [4.69, 9.17) is 0 Å². The van der Waals surface area contributed by atoms with Gasteiger partial charge >= 0.3 is 0 Å². The molecule has 0 aliphatic heterocycles. The van der Waals surface area contributed by atoms with Crippen molar-refractivity contribution in [3.05, 3.63) is 68.5 Å². The van der Waals surface area contributed by atoms with Crippen LogP contribution >= 0.6 is 22.6 Å². The second-order valence-corrected chi connectivity index (χ2v) is 5.79. The molecule has 3 nitrogen and oxygen atoms in total. The summed E-state index contributed by atoms with van der Waals surface area (Å²) in [5.41, 5.74) is 2.18. The zero-order valence-corrected chi connectivity index (χ0v) is 13.6. The van der Waals surface area contributed by atoms with Crippen LogP contribution in [0.25, 0.3) is 0 Å². The normalized spacial score (nSPS) is 12.0. The average molecular weight is 399 g/mol. The molecule has 0 fully saturated rings. The van der Waals surface area contributed by atoms with Gasteiger partial charge in [0, 0.05) is 10.1 Å². The van der Waals surface area contributed by atoms with E-state index >= 15 is 0 Å². The highest BCUT2D eigenvalue weighted by Crippen LogP contribution is 2.17. The molecule has 0 radical (unpaired) electrons. The van der Waals surface area contributed by atoms with Crippen LogP contribution in [0, 0.1) is 16.3 Å². The molecule has 0 aliphatic rings. The fourth-order valence-electron chi connectivity index (χ4n) is 1.91. The summed E-state index contributed by atoms with van der Waals surface area (Å²) in [6.45, 7) is 2.01. The van der Waals surface area contributed by atoms with E-state index < -0.39 is 6.10 Å². The van der Waals surface area contributed by atoms with Gasteiger partial charge in [-0.25, -0.2) is 4.39 Å². The molecule has 2 rings (SSSR count). The fourth-order valence-corrected chi connectivity index (χ4v) is 2.51. The van der Waals surface area contributed by atoms with E-state index in [0.717, 1.165) is 9.13 Å². The number of nitrogens with one attached hydrogen (secondary N) is 1. The van der Waals surface area contributed by atoms with Gasteiger partial charge < -0.3 is 10.4 Å². The molecule has 1 atom stereocenters. The van der Waals surface area contributed by atoms with Crippen molar-refractivity contribution >= 4 is 28.5 Å². The van der Waals surface area contributed by atoms with E-state index in [0.29, 0.717) is 11.1 Å². The van der Waals surface area contributed by atoms with Crippen LogP contribution in [0.2, 0.25) is 0 Å². The first-order valence-corrected chi connectivity index (χ1v) is 7.53. The molecule has 2 aromatic rings. The minimum Gasteiger partial charge on any atom is -0.387 e. The molecule has 0 spiro atoms. The number of aryl methyl sites for hydroxylation is 1. The monoisotopic (exact) mass is 399 g/mol. The van der Waals surface area contributed by atoms with Crippen molar-refractivity contribution in [2.45, 2.75) is 13.0 Å². The van der Waals surface area contributed by atoms with Gasteiger partial charge in [0.05, 0.1) is 11.7 Å². The van der Waals surface area contributed by atoms with E-state index in [2.05, 4.69) is 27.9 Å². The van der Waals surface area contributed by atoms with E-state index in [1.165, 1.54) is 24.3 Å². The lowest BCUT2D eigenvalue weighted by Crippen LogP contribution is -2.29. The highest BCUT2D eigenvalue weighted by molar-refractivity contribution is 14.1. The highest BCUT2D eigenvalue weighted by atomic mass is 127. The third kappa shape index (κ3) is 4.01. The Hall–Kier alpha value is -1.47. The van der Waals surface area contributed by atoms with Crippen molar-refractivity contribution < 1.29 is 14.3 Å². The molecule has 0 aromatic heterocycles. The van der Waals surface area contributed by atoms with Crippen LogP contribution in [0.3, 0.4) is 0 Å². The molecule has 5 heteroatoms. The molecule has 21 heavy (non-hydrogen) atoms. The van der Waals surface area contributed by atoms with Crippen LogP contribution in [0.4, 0.5) is 4.39 Å². The molecule has 0 bridgehead atoms. The third-order valence-electron chi connectivity index (χ3n) is 3.15. The number of halogens is 2. The number of rotatable bonds is 4. The lowest BCUT2D eigenvalue weighted by molar-refractivity contribution is 0.0915. The molecule has 0 saturated carbocycles. The molecule has 2 N–H and O–H groups in total. The van der Waals surface area contributed by atoms with E-state index in [1.54, 1.807) is 6.07 Å². The number of aliphatic hydroxyl groups is 1. The molecule has 0 aliphatic carbocycles. The zero-order valence-electron chi connectivity index (χ0n) is 11.4. The lowest BCUT2D eigenvalue weighted by atomic mass is 10.1. The van der Waals surface area contributed by atoms with Gasteiger partial charge in [-0.2, -0.15) is 0 Å². The molecular formula is C16H15FINO2. The number of benzene rings is 2. The Morgan fingerprint density at radius 1 is 1.29 bits per heavy atom.